The summed E-state index contributed by atoms with van der Waals surface area (Å²) < 4.78 is 10.1. The van der Waals surface area contributed by atoms with Gasteiger partial charge in [-0.05, 0) is 12.8 Å². The molecule has 0 aliphatic rings. The van der Waals surface area contributed by atoms with Crippen LogP contribution in [0.25, 0.3) is 0 Å². The van der Waals surface area contributed by atoms with E-state index in [1.54, 1.807) is 19.1 Å². The fourth-order valence-electron chi connectivity index (χ4n) is 0.967. The number of rotatable bonds is 8. The van der Waals surface area contributed by atoms with E-state index in [0.29, 0.717) is 0 Å². The molecule has 0 bridgehead atoms. The number of carbonyl (C=O) groups excluding carboxylic acids is 1. The van der Waals surface area contributed by atoms with Crippen molar-refractivity contribution < 1.29 is 14.3 Å². The molecule has 14 heavy (non-hydrogen) atoms. The maximum atomic E-state index is 10.0. The van der Waals surface area contributed by atoms with E-state index >= 15 is 0 Å². The molecule has 1 unspecified atom stereocenters. The second-order valence-corrected chi connectivity index (χ2v) is 2.99. The van der Waals surface area contributed by atoms with Gasteiger partial charge in [0.05, 0.1) is 6.10 Å². The van der Waals surface area contributed by atoms with Gasteiger partial charge < -0.3 is 9.47 Å². The minimum atomic E-state index is -0.0232. The Morgan fingerprint density at radius 2 is 2.36 bits per heavy atom. The molecule has 0 amide bonds. The molecular formula is C11H17O3. The Labute approximate surface area is 85.4 Å². The van der Waals surface area contributed by atoms with Crippen LogP contribution in [-0.4, -0.2) is 25.9 Å². The molecule has 79 valence electrons. The van der Waals surface area contributed by atoms with Gasteiger partial charge in [-0.25, -0.2) is 4.79 Å². The van der Waals surface area contributed by atoms with Crippen LogP contribution in [0.2, 0.25) is 0 Å². The van der Waals surface area contributed by atoms with Crippen molar-refractivity contribution in [3.63, 3.8) is 0 Å². The molecule has 0 spiro atoms. The van der Waals surface area contributed by atoms with Crippen molar-refractivity contribution in [2.75, 3.05) is 13.9 Å². The number of methoxy groups -OCH3 is 1. The molecule has 0 fully saturated rings. The van der Waals surface area contributed by atoms with E-state index in [1.165, 1.54) is 6.08 Å². The molecule has 0 aromatic carbocycles. The summed E-state index contributed by atoms with van der Waals surface area (Å²) in [6.45, 7) is 5.81. The minimum absolute atomic E-state index is 0.0232. The van der Waals surface area contributed by atoms with Crippen LogP contribution in [-0.2, 0) is 14.3 Å². The van der Waals surface area contributed by atoms with E-state index in [4.69, 9.17) is 9.47 Å². The van der Waals surface area contributed by atoms with Crippen LogP contribution >= 0.6 is 0 Å². The van der Waals surface area contributed by atoms with Crippen LogP contribution in [0.15, 0.2) is 18.7 Å². The summed E-state index contributed by atoms with van der Waals surface area (Å²) in [5.74, 6) is 2.74. The van der Waals surface area contributed by atoms with Gasteiger partial charge in [-0.15, -0.1) is 6.58 Å². The highest BCUT2D eigenvalue weighted by molar-refractivity contribution is 5.49. The summed E-state index contributed by atoms with van der Waals surface area (Å²) in [5.41, 5.74) is 0. The largest absolute Gasteiger partial charge is 0.359 e. The molecule has 3 heteroatoms. The SMILES string of the molecule is C=CC(CC[C](C)C=C=O)OCOC. The average Bonchev–Trinajstić information content (AvgIpc) is 2.19. The number of hydrogen-bond donors (Lipinski definition) is 0. The smallest absolute Gasteiger partial charge is 0.147 e. The molecule has 0 aromatic rings. The summed E-state index contributed by atoms with van der Waals surface area (Å²) >= 11 is 0. The van der Waals surface area contributed by atoms with Crippen molar-refractivity contribution in [3.8, 4) is 0 Å². The highest BCUT2D eigenvalue weighted by atomic mass is 16.7. The lowest BCUT2D eigenvalue weighted by Gasteiger charge is -2.13. The zero-order chi connectivity index (χ0) is 10.8. The van der Waals surface area contributed by atoms with E-state index in [1.807, 2.05) is 6.92 Å². The number of ether oxygens (including phenoxy) is 2. The third-order valence-electron chi connectivity index (χ3n) is 1.79. The average molecular weight is 197 g/mol. The molecule has 3 nitrogen and oxygen atoms in total. The Bertz CT molecular complexity index is 195. The molecule has 0 aromatic heterocycles. The molecular weight excluding hydrogens is 180 g/mol. The van der Waals surface area contributed by atoms with E-state index in [2.05, 4.69) is 6.58 Å². The molecule has 0 aliphatic heterocycles. The zero-order valence-electron chi connectivity index (χ0n) is 8.79. The fraction of sp³-hybridized carbons (Fsp3) is 0.545. The van der Waals surface area contributed by atoms with E-state index in [9.17, 15) is 4.79 Å². The summed E-state index contributed by atoms with van der Waals surface area (Å²) in [6.07, 6.45) is 4.75. The summed E-state index contributed by atoms with van der Waals surface area (Å²) in [6, 6.07) is 0. The Hall–Kier alpha value is -0.890. The second kappa shape index (κ2) is 8.70. The molecule has 1 atom stereocenters. The third kappa shape index (κ3) is 6.61. The lowest BCUT2D eigenvalue weighted by atomic mass is 10.0. The summed E-state index contributed by atoms with van der Waals surface area (Å²) in [4.78, 5) is 10.0. The first-order chi connectivity index (χ1) is 6.74. The monoisotopic (exact) mass is 197 g/mol. The van der Waals surface area contributed by atoms with Crippen molar-refractivity contribution in [2.45, 2.75) is 25.9 Å². The molecule has 0 aliphatic carbocycles. The minimum Gasteiger partial charge on any atom is -0.359 e. The van der Waals surface area contributed by atoms with Gasteiger partial charge in [-0.2, -0.15) is 0 Å². The first-order valence-electron chi connectivity index (χ1n) is 4.51. The molecule has 0 rings (SSSR count). The highest BCUT2D eigenvalue weighted by Crippen LogP contribution is 2.12. The molecule has 0 heterocycles. The van der Waals surface area contributed by atoms with Crippen LogP contribution in [0.1, 0.15) is 19.8 Å². The lowest BCUT2D eigenvalue weighted by Crippen LogP contribution is -2.12. The molecule has 0 N–H and O–H groups in total. The molecule has 1 radical (unpaired) electrons. The van der Waals surface area contributed by atoms with Crippen molar-refractivity contribution >= 4 is 5.94 Å². The zero-order valence-corrected chi connectivity index (χ0v) is 8.79. The van der Waals surface area contributed by atoms with Crippen molar-refractivity contribution in [2.24, 2.45) is 0 Å². The first kappa shape index (κ1) is 13.1. The van der Waals surface area contributed by atoms with Gasteiger partial charge in [0.15, 0.2) is 0 Å². The van der Waals surface area contributed by atoms with Crippen LogP contribution in [0.3, 0.4) is 0 Å². The molecule has 0 saturated heterocycles. The summed E-state index contributed by atoms with van der Waals surface area (Å²) in [7, 11) is 1.58. The van der Waals surface area contributed by atoms with Gasteiger partial charge in [0.25, 0.3) is 0 Å². The topological polar surface area (TPSA) is 35.5 Å². The predicted octanol–water partition coefficient (Wildman–Crippen LogP) is 1.92. The highest BCUT2D eigenvalue weighted by Gasteiger charge is 2.06. The second-order valence-electron chi connectivity index (χ2n) is 2.99. The van der Waals surface area contributed by atoms with Crippen molar-refractivity contribution in [3.05, 3.63) is 24.6 Å². The van der Waals surface area contributed by atoms with Crippen molar-refractivity contribution in [1.29, 1.82) is 0 Å². The van der Waals surface area contributed by atoms with Crippen LogP contribution in [0, 0.1) is 5.92 Å². The van der Waals surface area contributed by atoms with Gasteiger partial charge in [-0.3, -0.25) is 0 Å². The number of allylic oxidation sites excluding steroid dienone is 1. The Balaban J connectivity index is 3.71. The normalized spacial score (nSPS) is 12.2. The van der Waals surface area contributed by atoms with E-state index < -0.39 is 0 Å². The molecule has 0 saturated carbocycles. The van der Waals surface area contributed by atoms with E-state index in [0.717, 1.165) is 18.8 Å². The quantitative estimate of drug-likeness (QED) is 0.339. The first-order valence-corrected chi connectivity index (χ1v) is 4.51. The Morgan fingerprint density at radius 3 is 2.86 bits per heavy atom. The van der Waals surface area contributed by atoms with Crippen LogP contribution < -0.4 is 0 Å². The van der Waals surface area contributed by atoms with Crippen LogP contribution in [0.4, 0.5) is 0 Å². The lowest BCUT2D eigenvalue weighted by molar-refractivity contribution is -0.0574. The van der Waals surface area contributed by atoms with Crippen molar-refractivity contribution in [1.82, 2.24) is 0 Å². The number of hydrogen-bond acceptors (Lipinski definition) is 3. The van der Waals surface area contributed by atoms with Gasteiger partial charge >= 0.3 is 0 Å². The van der Waals surface area contributed by atoms with Crippen LogP contribution in [0.5, 0.6) is 0 Å². The Morgan fingerprint density at radius 1 is 1.64 bits per heavy atom. The maximum Gasteiger partial charge on any atom is 0.147 e. The predicted molar refractivity (Wildman–Crippen MR) is 55.4 cm³/mol. The third-order valence-corrected chi connectivity index (χ3v) is 1.79. The summed E-state index contributed by atoms with van der Waals surface area (Å²) in [5, 5.41) is 0. The fourth-order valence-corrected chi connectivity index (χ4v) is 0.967. The van der Waals surface area contributed by atoms with E-state index in [-0.39, 0.29) is 12.9 Å². The van der Waals surface area contributed by atoms with Gasteiger partial charge in [-0.1, -0.05) is 13.0 Å². The maximum absolute atomic E-state index is 10.0. The Kier molecular flexibility index (Phi) is 8.14. The van der Waals surface area contributed by atoms with Gasteiger partial charge in [0, 0.05) is 19.1 Å². The van der Waals surface area contributed by atoms with Gasteiger partial charge in [0.1, 0.15) is 12.7 Å². The standard InChI is InChI=1S/C11H17O3/c1-4-11(14-9-13-3)6-5-10(2)7-8-12/h4,7,11H,1,5-6,9H2,2-3H3. The van der Waals surface area contributed by atoms with Gasteiger partial charge in [0.2, 0.25) is 0 Å².